The van der Waals surface area contributed by atoms with Crippen molar-refractivity contribution in [1.29, 1.82) is 0 Å². The first-order valence-corrected chi connectivity index (χ1v) is 13.0. The molecular weight excluding hydrogens is 448 g/mol. The number of anilines is 1. The number of fused-ring (bicyclic) bond motifs is 3. The summed E-state index contributed by atoms with van der Waals surface area (Å²) in [6.45, 7) is 4.10. The number of nitrogens with one attached hydrogen (secondary N) is 1. The highest BCUT2D eigenvalue weighted by Crippen LogP contribution is 2.38. The van der Waals surface area contributed by atoms with Gasteiger partial charge < -0.3 is 10.1 Å². The lowest BCUT2D eigenvalue weighted by atomic mass is 9.97. The van der Waals surface area contributed by atoms with Gasteiger partial charge in [0, 0.05) is 23.7 Å². The standard InChI is InChI=1S/C22H26N4O4S2/c1-3-26(4-2)32(28,29)16-9-7-8-15(12-16)25-19(27)13-30-21-20-17-10-5-6-11-18(17)31-22(20)24-14-23-21/h7-9,12,14H,3-6,10-11,13H2,1-2H3,(H,25,27). The number of amides is 1. The van der Waals surface area contributed by atoms with Crippen molar-refractivity contribution >= 4 is 43.2 Å². The zero-order valence-electron chi connectivity index (χ0n) is 18.1. The van der Waals surface area contributed by atoms with Crippen molar-refractivity contribution < 1.29 is 17.9 Å². The molecule has 32 heavy (non-hydrogen) atoms. The third kappa shape index (κ3) is 4.48. The van der Waals surface area contributed by atoms with Crippen LogP contribution in [0, 0.1) is 0 Å². The lowest BCUT2D eigenvalue weighted by molar-refractivity contribution is -0.118. The molecule has 170 valence electrons. The van der Waals surface area contributed by atoms with Crippen molar-refractivity contribution in [3.8, 4) is 5.88 Å². The molecule has 1 amide bonds. The Hall–Kier alpha value is -2.56. The van der Waals surface area contributed by atoms with Crippen LogP contribution in [0.3, 0.4) is 0 Å². The molecule has 0 unspecified atom stereocenters. The van der Waals surface area contributed by atoms with E-state index in [0.717, 1.165) is 29.5 Å². The zero-order valence-corrected chi connectivity index (χ0v) is 19.8. The summed E-state index contributed by atoms with van der Waals surface area (Å²) in [6, 6.07) is 6.25. The van der Waals surface area contributed by atoms with Crippen LogP contribution in [0.25, 0.3) is 10.2 Å². The Bertz CT molecular complexity index is 1240. The molecule has 8 nitrogen and oxygen atoms in total. The van der Waals surface area contributed by atoms with Gasteiger partial charge in [-0.25, -0.2) is 18.4 Å². The van der Waals surface area contributed by atoms with E-state index in [1.807, 2.05) is 0 Å². The van der Waals surface area contributed by atoms with Crippen LogP contribution in [0.2, 0.25) is 0 Å². The lowest BCUT2D eigenvalue weighted by Crippen LogP contribution is -2.30. The molecule has 1 aliphatic carbocycles. The van der Waals surface area contributed by atoms with E-state index in [0.29, 0.717) is 24.7 Å². The normalized spacial score (nSPS) is 13.8. The number of thiophene rings is 1. The minimum absolute atomic E-state index is 0.141. The second-order valence-corrected chi connectivity index (χ2v) is 10.5. The average Bonchev–Trinajstić information content (AvgIpc) is 3.18. The van der Waals surface area contributed by atoms with Crippen LogP contribution in [0.15, 0.2) is 35.5 Å². The van der Waals surface area contributed by atoms with E-state index in [1.54, 1.807) is 37.3 Å². The maximum atomic E-state index is 12.7. The van der Waals surface area contributed by atoms with Crippen molar-refractivity contribution in [2.75, 3.05) is 25.0 Å². The minimum Gasteiger partial charge on any atom is -0.467 e. The molecule has 0 bridgehead atoms. The third-order valence-electron chi connectivity index (χ3n) is 5.52. The second kappa shape index (κ2) is 9.51. The predicted octanol–water partition coefficient (Wildman–Crippen LogP) is 3.62. The minimum atomic E-state index is -3.61. The van der Waals surface area contributed by atoms with E-state index in [4.69, 9.17) is 4.74 Å². The Morgan fingerprint density at radius 2 is 1.97 bits per heavy atom. The summed E-state index contributed by atoms with van der Waals surface area (Å²) in [4.78, 5) is 23.5. The smallest absolute Gasteiger partial charge is 0.262 e. The van der Waals surface area contributed by atoms with Crippen LogP contribution < -0.4 is 10.1 Å². The van der Waals surface area contributed by atoms with E-state index in [2.05, 4.69) is 15.3 Å². The number of aryl methyl sites for hydroxylation is 2. The van der Waals surface area contributed by atoms with Crippen LogP contribution in [0.5, 0.6) is 5.88 Å². The van der Waals surface area contributed by atoms with Gasteiger partial charge in [-0.15, -0.1) is 11.3 Å². The van der Waals surface area contributed by atoms with Crippen molar-refractivity contribution in [3.63, 3.8) is 0 Å². The zero-order chi connectivity index (χ0) is 22.7. The molecule has 10 heteroatoms. The molecule has 0 aliphatic heterocycles. The number of rotatable bonds is 8. The number of hydrogen-bond acceptors (Lipinski definition) is 7. The molecule has 2 aromatic heterocycles. The van der Waals surface area contributed by atoms with Gasteiger partial charge in [-0.3, -0.25) is 4.79 Å². The molecule has 1 N–H and O–H groups in total. The number of carbonyl (C=O) groups excluding carboxylic acids is 1. The van der Waals surface area contributed by atoms with Gasteiger partial charge in [0.25, 0.3) is 5.91 Å². The highest BCUT2D eigenvalue weighted by Gasteiger charge is 2.23. The fourth-order valence-electron chi connectivity index (χ4n) is 3.95. The number of carbonyl (C=O) groups is 1. The van der Waals surface area contributed by atoms with Crippen LogP contribution >= 0.6 is 11.3 Å². The number of nitrogens with zero attached hydrogens (tertiary/aromatic N) is 3. The highest BCUT2D eigenvalue weighted by molar-refractivity contribution is 7.89. The van der Waals surface area contributed by atoms with Crippen molar-refractivity contribution in [2.24, 2.45) is 0 Å². The predicted molar refractivity (Wildman–Crippen MR) is 125 cm³/mol. The molecule has 1 aromatic carbocycles. The summed E-state index contributed by atoms with van der Waals surface area (Å²) in [7, 11) is -3.61. The first kappa shape index (κ1) is 22.6. The van der Waals surface area contributed by atoms with Crippen LogP contribution in [-0.4, -0.2) is 48.3 Å². The van der Waals surface area contributed by atoms with Crippen LogP contribution in [0.1, 0.15) is 37.1 Å². The van der Waals surface area contributed by atoms with Crippen LogP contribution in [0.4, 0.5) is 5.69 Å². The van der Waals surface area contributed by atoms with E-state index >= 15 is 0 Å². The Morgan fingerprint density at radius 3 is 2.75 bits per heavy atom. The fraction of sp³-hybridized carbons (Fsp3) is 0.409. The summed E-state index contributed by atoms with van der Waals surface area (Å²) in [6.07, 6.45) is 5.77. The van der Waals surface area contributed by atoms with E-state index in [9.17, 15) is 13.2 Å². The number of sulfonamides is 1. The third-order valence-corrected chi connectivity index (χ3v) is 8.76. The van der Waals surface area contributed by atoms with Crippen molar-refractivity contribution in [1.82, 2.24) is 14.3 Å². The highest BCUT2D eigenvalue weighted by atomic mass is 32.2. The summed E-state index contributed by atoms with van der Waals surface area (Å²) in [5.41, 5.74) is 1.63. The molecule has 3 aromatic rings. The number of ether oxygens (including phenoxy) is 1. The average molecular weight is 475 g/mol. The molecule has 0 spiro atoms. The summed E-state index contributed by atoms with van der Waals surface area (Å²) < 4.78 is 32.6. The SMILES string of the molecule is CCN(CC)S(=O)(=O)c1cccc(NC(=O)COc2ncnc3sc4c(c23)CCCC4)c1. The van der Waals surface area contributed by atoms with Gasteiger partial charge in [-0.05, 0) is 49.4 Å². The Morgan fingerprint density at radius 1 is 1.19 bits per heavy atom. The molecule has 0 fully saturated rings. The van der Waals surface area contributed by atoms with E-state index in [-0.39, 0.29) is 11.5 Å². The molecule has 2 heterocycles. The van der Waals surface area contributed by atoms with Gasteiger partial charge in [-0.1, -0.05) is 19.9 Å². The summed E-state index contributed by atoms with van der Waals surface area (Å²) >= 11 is 1.67. The van der Waals surface area contributed by atoms with Crippen molar-refractivity contribution in [2.45, 2.75) is 44.4 Å². The molecule has 0 saturated heterocycles. The molecule has 0 radical (unpaired) electrons. The van der Waals surface area contributed by atoms with E-state index in [1.165, 1.54) is 39.6 Å². The number of benzene rings is 1. The summed E-state index contributed by atoms with van der Waals surface area (Å²) in [5.74, 6) is 0.0284. The summed E-state index contributed by atoms with van der Waals surface area (Å²) in [5, 5.41) is 3.63. The first-order chi connectivity index (χ1) is 15.4. The van der Waals surface area contributed by atoms with Gasteiger partial charge in [0.2, 0.25) is 15.9 Å². The van der Waals surface area contributed by atoms with Gasteiger partial charge in [0.05, 0.1) is 10.3 Å². The van der Waals surface area contributed by atoms with Gasteiger partial charge >= 0.3 is 0 Å². The largest absolute Gasteiger partial charge is 0.467 e. The van der Waals surface area contributed by atoms with Crippen LogP contribution in [-0.2, 0) is 27.7 Å². The Balaban J connectivity index is 1.47. The van der Waals surface area contributed by atoms with E-state index < -0.39 is 15.9 Å². The molecule has 4 rings (SSSR count). The second-order valence-electron chi connectivity index (χ2n) is 7.52. The first-order valence-electron chi connectivity index (χ1n) is 10.7. The molecular formula is C22H26N4O4S2. The maximum Gasteiger partial charge on any atom is 0.262 e. The van der Waals surface area contributed by atoms with Crippen molar-refractivity contribution in [3.05, 3.63) is 41.0 Å². The van der Waals surface area contributed by atoms with Gasteiger partial charge in [0.15, 0.2) is 6.61 Å². The van der Waals surface area contributed by atoms with Gasteiger partial charge in [-0.2, -0.15) is 4.31 Å². The lowest BCUT2D eigenvalue weighted by Gasteiger charge is -2.18. The topological polar surface area (TPSA) is 101 Å². The Kier molecular flexibility index (Phi) is 6.73. The fourth-order valence-corrected chi connectivity index (χ4v) is 6.67. The Labute approximate surface area is 191 Å². The maximum absolute atomic E-state index is 12.7. The van der Waals surface area contributed by atoms with Gasteiger partial charge in [0.1, 0.15) is 11.2 Å². The monoisotopic (exact) mass is 474 g/mol. The number of hydrogen-bond donors (Lipinski definition) is 1. The quantitative estimate of drug-likeness (QED) is 0.535. The molecule has 0 saturated carbocycles. The number of aromatic nitrogens is 2. The molecule has 1 aliphatic rings. The molecule has 0 atom stereocenters.